The van der Waals surface area contributed by atoms with Crippen molar-refractivity contribution in [3.8, 4) is 0 Å². The van der Waals surface area contributed by atoms with Gasteiger partial charge in [-0.05, 0) is 29.7 Å². The van der Waals surface area contributed by atoms with E-state index in [0.29, 0.717) is 11.4 Å². The van der Waals surface area contributed by atoms with Crippen molar-refractivity contribution in [2.24, 2.45) is 0 Å². The minimum Gasteiger partial charge on any atom is -0.388 e. The van der Waals surface area contributed by atoms with Gasteiger partial charge in [0.05, 0.1) is 24.1 Å². The number of hydrogen-bond acceptors (Lipinski definition) is 2. The summed E-state index contributed by atoms with van der Waals surface area (Å²) >= 11 is 6.02. The minimum absolute atomic E-state index is 0.546. The van der Waals surface area contributed by atoms with E-state index in [9.17, 15) is 5.11 Å². The first-order chi connectivity index (χ1) is 10.7. The van der Waals surface area contributed by atoms with Crippen LogP contribution in [0.5, 0.6) is 0 Å². The molecular weight excluding hydrogens is 296 g/mol. The first-order valence-corrected chi connectivity index (χ1v) is 7.67. The van der Waals surface area contributed by atoms with Gasteiger partial charge in [0.2, 0.25) is 0 Å². The van der Waals surface area contributed by atoms with Crippen molar-refractivity contribution < 1.29 is 5.11 Å². The zero-order chi connectivity index (χ0) is 15.1. The molecule has 110 valence electrons. The summed E-state index contributed by atoms with van der Waals surface area (Å²) in [6, 6.07) is 7.41. The van der Waals surface area contributed by atoms with E-state index in [0.717, 1.165) is 23.2 Å². The predicted octanol–water partition coefficient (Wildman–Crippen LogP) is 2.88. The zero-order valence-electron chi connectivity index (χ0n) is 11.9. The number of halogens is 1. The highest BCUT2D eigenvalue weighted by Gasteiger charge is 2.19. The second kappa shape index (κ2) is 5.27. The summed E-state index contributed by atoms with van der Waals surface area (Å²) in [7, 11) is 0. The molecule has 0 saturated carbocycles. The van der Waals surface area contributed by atoms with Gasteiger partial charge in [-0.1, -0.05) is 42.0 Å². The van der Waals surface area contributed by atoms with Crippen LogP contribution in [-0.2, 0) is 12.8 Å². The number of imidazole rings is 1. The molecule has 22 heavy (non-hydrogen) atoms. The Morgan fingerprint density at radius 3 is 3.14 bits per heavy atom. The molecule has 0 radical (unpaired) electrons. The lowest BCUT2D eigenvalue weighted by Crippen LogP contribution is -2.11. The number of hydrogen-bond donors (Lipinski definition) is 1. The number of allylic oxidation sites excluding steroid dienone is 2. The Balaban J connectivity index is 1.78. The second-order valence-electron chi connectivity index (χ2n) is 5.56. The fourth-order valence-electron chi connectivity index (χ4n) is 3.17. The molecular formula is C18H15ClN2O. The lowest BCUT2D eigenvalue weighted by Gasteiger charge is -2.13. The van der Waals surface area contributed by atoms with E-state index in [2.05, 4.69) is 27.6 Å². The molecule has 4 heteroatoms. The molecule has 1 aliphatic rings. The highest BCUT2D eigenvalue weighted by molar-refractivity contribution is 6.30. The summed E-state index contributed by atoms with van der Waals surface area (Å²) in [6.07, 6.45) is 10.9. The van der Waals surface area contributed by atoms with Crippen LogP contribution in [0.2, 0.25) is 5.02 Å². The molecule has 1 aromatic carbocycles. The lowest BCUT2D eigenvalue weighted by molar-refractivity contribution is 0.176. The maximum Gasteiger partial charge on any atom is 0.0994 e. The molecule has 0 bridgehead atoms. The van der Waals surface area contributed by atoms with Gasteiger partial charge in [-0.2, -0.15) is 0 Å². The van der Waals surface area contributed by atoms with Gasteiger partial charge in [-0.3, -0.25) is 0 Å². The summed E-state index contributed by atoms with van der Waals surface area (Å²) in [6.45, 7) is 0. The first kappa shape index (κ1) is 13.6. The van der Waals surface area contributed by atoms with Crippen LogP contribution >= 0.6 is 11.6 Å². The fraction of sp³-hybridized carbons (Fsp3) is 0.167. The molecule has 0 saturated heterocycles. The van der Waals surface area contributed by atoms with E-state index in [1.165, 1.54) is 10.8 Å². The number of aliphatic hydroxyl groups is 1. The van der Waals surface area contributed by atoms with Crippen molar-refractivity contribution in [2.75, 3.05) is 0 Å². The Kier molecular flexibility index (Phi) is 3.25. The topological polar surface area (TPSA) is 37.5 Å². The van der Waals surface area contributed by atoms with Crippen LogP contribution in [-0.4, -0.2) is 14.5 Å². The summed E-state index contributed by atoms with van der Waals surface area (Å²) < 4.78 is 2.09. The van der Waals surface area contributed by atoms with Crippen LogP contribution in [0.25, 0.3) is 11.6 Å². The smallest absolute Gasteiger partial charge is 0.0994 e. The fourth-order valence-corrected chi connectivity index (χ4v) is 3.36. The van der Waals surface area contributed by atoms with Crippen molar-refractivity contribution in [3.05, 3.63) is 76.0 Å². The van der Waals surface area contributed by atoms with Crippen LogP contribution in [0, 0.1) is 0 Å². The van der Waals surface area contributed by atoms with Gasteiger partial charge in [0, 0.05) is 22.4 Å². The number of rotatable bonds is 3. The van der Waals surface area contributed by atoms with Gasteiger partial charge in [-0.15, -0.1) is 0 Å². The summed E-state index contributed by atoms with van der Waals surface area (Å²) in [5, 5.41) is 12.5. The quantitative estimate of drug-likeness (QED) is 0.808. The highest BCUT2D eigenvalue weighted by atomic mass is 35.5. The van der Waals surface area contributed by atoms with E-state index in [1.54, 1.807) is 0 Å². The molecule has 1 atom stereocenters. The molecule has 0 spiro atoms. The van der Waals surface area contributed by atoms with E-state index >= 15 is 0 Å². The number of fused-ring (bicyclic) bond motifs is 3. The van der Waals surface area contributed by atoms with Gasteiger partial charge in [0.1, 0.15) is 0 Å². The Hall–Kier alpha value is -2.10. The largest absolute Gasteiger partial charge is 0.388 e. The summed E-state index contributed by atoms with van der Waals surface area (Å²) in [5.74, 6) is 0. The third-order valence-corrected chi connectivity index (χ3v) is 4.45. The van der Waals surface area contributed by atoms with Crippen molar-refractivity contribution in [1.82, 2.24) is 9.38 Å². The third-order valence-electron chi connectivity index (χ3n) is 4.22. The van der Waals surface area contributed by atoms with Crippen LogP contribution < -0.4 is 5.22 Å². The molecule has 1 unspecified atom stereocenters. The Labute approximate surface area is 133 Å². The monoisotopic (exact) mass is 310 g/mol. The highest BCUT2D eigenvalue weighted by Crippen LogP contribution is 2.24. The molecule has 3 aromatic rings. The lowest BCUT2D eigenvalue weighted by atomic mass is 9.99. The number of aromatic nitrogens is 2. The molecule has 4 rings (SSSR count). The third kappa shape index (κ3) is 2.14. The van der Waals surface area contributed by atoms with Crippen LogP contribution in [0.1, 0.15) is 22.9 Å². The van der Waals surface area contributed by atoms with Crippen LogP contribution in [0.15, 0.2) is 48.9 Å². The summed E-state index contributed by atoms with van der Waals surface area (Å²) in [5.41, 5.74) is 4.34. The summed E-state index contributed by atoms with van der Waals surface area (Å²) in [4.78, 5) is 4.24. The molecule has 3 nitrogen and oxygen atoms in total. The molecule has 2 aromatic heterocycles. The van der Waals surface area contributed by atoms with Crippen molar-refractivity contribution in [2.45, 2.75) is 18.9 Å². The van der Waals surface area contributed by atoms with Gasteiger partial charge in [-0.25, -0.2) is 4.98 Å². The molecule has 0 aliphatic heterocycles. The molecule has 1 aliphatic carbocycles. The second-order valence-corrected chi connectivity index (χ2v) is 6.00. The van der Waals surface area contributed by atoms with E-state index in [-0.39, 0.29) is 0 Å². The van der Waals surface area contributed by atoms with Crippen molar-refractivity contribution >= 4 is 23.2 Å². The van der Waals surface area contributed by atoms with Gasteiger partial charge >= 0.3 is 0 Å². The average molecular weight is 311 g/mol. The molecule has 2 heterocycles. The van der Waals surface area contributed by atoms with Crippen molar-refractivity contribution in [1.29, 1.82) is 0 Å². The maximum atomic E-state index is 10.6. The zero-order valence-corrected chi connectivity index (χ0v) is 12.7. The number of aliphatic hydroxyl groups excluding tert-OH is 1. The predicted molar refractivity (Wildman–Crippen MR) is 87.8 cm³/mol. The SMILES string of the molecule is OC(Cc1c2c(c3cncn13)=CC=CC2)c1cccc(Cl)c1. The number of nitrogens with zero attached hydrogens (tertiary/aromatic N) is 2. The maximum absolute atomic E-state index is 10.6. The molecule has 1 N–H and O–H groups in total. The average Bonchev–Trinajstić information content (AvgIpc) is 3.10. The van der Waals surface area contributed by atoms with E-state index in [1.807, 2.05) is 36.8 Å². The van der Waals surface area contributed by atoms with E-state index < -0.39 is 6.10 Å². The molecule has 0 amide bonds. The number of benzene rings is 1. The van der Waals surface area contributed by atoms with Crippen LogP contribution in [0.3, 0.4) is 0 Å². The van der Waals surface area contributed by atoms with Gasteiger partial charge < -0.3 is 9.51 Å². The normalized spacial score (nSPS) is 14.8. The standard InChI is InChI=1S/C18H15ClN2O/c19-13-5-3-4-12(8-13)18(22)9-16-14-6-1-2-7-15(14)17-10-20-11-21(16)17/h1-5,7-8,10-11,18,22H,6,9H2. The molecule has 0 fully saturated rings. The first-order valence-electron chi connectivity index (χ1n) is 7.30. The Bertz CT molecular complexity index is 926. The van der Waals surface area contributed by atoms with Crippen molar-refractivity contribution in [3.63, 3.8) is 0 Å². The Morgan fingerprint density at radius 2 is 2.27 bits per heavy atom. The van der Waals surface area contributed by atoms with E-state index in [4.69, 9.17) is 11.6 Å². The van der Waals surface area contributed by atoms with Gasteiger partial charge in [0.25, 0.3) is 0 Å². The Morgan fingerprint density at radius 1 is 1.36 bits per heavy atom. The minimum atomic E-state index is -0.582. The van der Waals surface area contributed by atoms with Crippen LogP contribution in [0.4, 0.5) is 0 Å². The van der Waals surface area contributed by atoms with Gasteiger partial charge in [0.15, 0.2) is 0 Å².